The highest BCUT2D eigenvalue weighted by Crippen LogP contribution is 2.19. The first-order chi connectivity index (χ1) is 13.7. The maximum atomic E-state index is 12.7. The van der Waals surface area contributed by atoms with Crippen LogP contribution in [0.15, 0.2) is 73.1 Å². The van der Waals surface area contributed by atoms with E-state index in [-0.39, 0.29) is 5.91 Å². The van der Waals surface area contributed by atoms with Crippen LogP contribution in [0.25, 0.3) is 11.0 Å². The van der Waals surface area contributed by atoms with Crippen molar-refractivity contribution in [3.05, 3.63) is 89.7 Å². The minimum atomic E-state index is -0.214. The number of carbonyl (C=O) groups excluding carboxylic acids is 1. The Hall–Kier alpha value is -3.51. The number of pyridine rings is 1. The predicted octanol–water partition coefficient (Wildman–Crippen LogP) is 3.88. The Balaban J connectivity index is 1.56. The van der Waals surface area contributed by atoms with Gasteiger partial charge in [0.05, 0.1) is 24.9 Å². The quantitative estimate of drug-likeness (QED) is 0.558. The van der Waals surface area contributed by atoms with E-state index in [4.69, 9.17) is 4.74 Å². The number of anilines is 1. The van der Waals surface area contributed by atoms with Crippen molar-refractivity contribution >= 4 is 22.6 Å². The molecule has 0 saturated carbocycles. The van der Waals surface area contributed by atoms with Crippen molar-refractivity contribution in [1.82, 2.24) is 14.8 Å². The molecule has 28 heavy (non-hydrogen) atoms. The number of amides is 1. The second-order valence-corrected chi connectivity index (χ2v) is 6.47. The summed E-state index contributed by atoms with van der Waals surface area (Å²) < 4.78 is 7.02. The first-order valence-corrected chi connectivity index (χ1v) is 8.98. The van der Waals surface area contributed by atoms with Crippen LogP contribution in [0.3, 0.4) is 0 Å². The molecule has 0 aliphatic heterocycles. The number of methoxy groups -OCH3 is 1. The van der Waals surface area contributed by atoms with Crippen LogP contribution in [0.1, 0.15) is 21.5 Å². The van der Waals surface area contributed by atoms with Gasteiger partial charge in [0.2, 0.25) is 0 Å². The Morgan fingerprint density at radius 3 is 2.68 bits per heavy atom. The summed E-state index contributed by atoms with van der Waals surface area (Å²) >= 11 is 0. The highest BCUT2D eigenvalue weighted by molar-refractivity contribution is 6.05. The molecule has 4 aromatic rings. The lowest BCUT2D eigenvalue weighted by molar-refractivity contribution is 0.102. The van der Waals surface area contributed by atoms with E-state index < -0.39 is 0 Å². The molecule has 140 valence electrons. The lowest BCUT2D eigenvalue weighted by Crippen LogP contribution is -2.14. The van der Waals surface area contributed by atoms with E-state index >= 15 is 0 Å². The number of nitrogens with one attached hydrogen (secondary N) is 1. The van der Waals surface area contributed by atoms with Gasteiger partial charge in [-0.15, -0.1) is 0 Å². The molecular formula is C22H20N4O2. The van der Waals surface area contributed by atoms with Gasteiger partial charge in [0.25, 0.3) is 5.91 Å². The van der Waals surface area contributed by atoms with Crippen molar-refractivity contribution in [2.75, 3.05) is 12.4 Å². The maximum absolute atomic E-state index is 12.7. The molecule has 0 unspecified atom stereocenters. The number of fused-ring (bicyclic) bond motifs is 1. The third-order valence-electron chi connectivity index (χ3n) is 4.48. The molecule has 0 radical (unpaired) electrons. The Bertz CT molecular complexity index is 1110. The molecular weight excluding hydrogens is 352 g/mol. The Morgan fingerprint density at radius 2 is 1.86 bits per heavy atom. The van der Waals surface area contributed by atoms with Crippen LogP contribution in [0, 0.1) is 0 Å². The van der Waals surface area contributed by atoms with Gasteiger partial charge in [-0.1, -0.05) is 48.5 Å². The number of hydrogen-bond acceptors (Lipinski definition) is 4. The van der Waals surface area contributed by atoms with Crippen molar-refractivity contribution in [1.29, 1.82) is 0 Å². The Labute approximate surface area is 162 Å². The highest BCUT2D eigenvalue weighted by atomic mass is 16.5. The molecule has 2 heterocycles. The van der Waals surface area contributed by atoms with Crippen LogP contribution in [0.4, 0.5) is 5.69 Å². The van der Waals surface area contributed by atoms with Crippen LogP contribution >= 0.6 is 0 Å². The summed E-state index contributed by atoms with van der Waals surface area (Å²) in [6.45, 7) is 1.06. The summed E-state index contributed by atoms with van der Waals surface area (Å²) in [7, 11) is 1.63. The second-order valence-electron chi connectivity index (χ2n) is 6.47. The molecule has 2 aromatic carbocycles. The molecule has 2 aromatic heterocycles. The molecule has 1 N–H and O–H groups in total. The molecule has 0 fully saturated rings. The average Bonchev–Trinajstić information content (AvgIpc) is 3.12. The van der Waals surface area contributed by atoms with E-state index in [0.29, 0.717) is 18.7 Å². The van der Waals surface area contributed by atoms with Crippen LogP contribution in [0.2, 0.25) is 0 Å². The molecule has 0 atom stereocenters. The summed E-state index contributed by atoms with van der Waals surface area (Å²) in [4.78, 5) is 17.2. The minimum absolute atomic E-state index is 0.214. The van der Waals surface area contributed by atoms with E-state index in [9.17, 15) is 4.79 Å². The molecule has 6 heteroatoms. The normalized spacial score (nSPS) is 10.9. The van der Waals surface area contributed by atoms with E-state index in [2.05, 4.69) is 15.4 Å². The van der Waals surface area contributed by atoms with Gasteiger partial charge in [-0.2, -0.15) is 5.10 Å². The van der Waals surface area contributed by atoms with Crippen molar-refractivity contribution in [3.8, 4) is 0 Å². The predicted molar refractivity (Wildman–Crippen MR) is 108 cm³/mol. The summed E-state index contributed by atoms with van der Waals surface area (Å²) in [5.74, 6) is -0.214. The van der Waals surface area contributed by atoms with Gasteiger partial charge in [0.15, 0.2) is 5.65 Å². The summed E-state index contributed by atoms with van der Waals surface area (Å²) in [5, 5.41) is 8.18. The van der Waals surface area contributed by atoms with Crippen molar-refractivity contribution < 1.29 is 9.53 Å². The summed E-state index contributed by atoms with van der Waals surface area (Å²) in [5.41, 5.74) is 4.03. The van der Waals surface area contributed by atoms with Gasteiger partial charge in [0, 0.05) is 29.9 Å². The standard InChI is InChI=1S/C22H20N4O2/c1-28-15-17-9-5-6-10-20(17)25-22(27)19-11-18-13-24-26(21(18)23-12-19)14-16-7-3-2-4-8-16/h2-13H,14-15H2,1H3,(H,25,27). The van der Waals surface area contributed by atoms with Crippen LogP contribution in [-0.2, 0) is 17.9 Å². The molecule has 0 aliphatic carbocycles. The van der Waals surface area contributed by atoms with Gasteiger partial charge in [-0.05, 0) is 17.7 Å². The minimum Gasteiger partial charge on any atom is -0.380 e. The summed E-state index contributed by atoms with van der Waals surface area (Å²) in [6.07, 6.45) is 3.32. The number of hydrogen-bond donors (Lipinski definition) is 1. The molecule has 6 nitrogen and oxygen atoms in total. The van der Waals surface area contributed by atoms with E-state index in [1.165, 1.54) is 0 Å². The first-order valence-electron chi connectivity index (χ1n) is 8.98. The third-order valence-corrected chi connectivity index (χ3v) is 4.48. The monoisotopic (exact) mass is 372 g/mol. The van der Waals surface area contributed by atoms with Crippen LogP contribution in [-0.4, -0.2) is 27.8 Å². The number of rotatable bonds is 6. The van der Waals surface area contributed by atoms with Gasteiger partial charge >= 0.3 is 0 Å². The fourth-order valence-corrected chi connectivity index (χ4v) is 3.09. The lowest BCUT2D eigenvalue weighted by Gasteiger charge is -2.10. The van der Waals surface area contributed by atoms with Gasteiger partial charge < -0.3 is 10.1 Å². The smallest absolute Gasteiger partial charge is 0.257 e. The van der Waals surface area contributed by atoms with Gasteiger partial charge in [0.1, 0.15) is 0 Å². The number of benzene rings is 2. The fourth-order valence-electron chi connectivity index (χ4n) is 3.09. The number of carbonyl (C=O) groups is 1. The second kappa shape index (κ2) is 8.02. The molecule has 4 rings (SSSR count). The Kier molecular flexibility index (Phi) is 5.12. The van der Waals surface area contributed by atoms with E-state index in [1.54, 1.807) is 19.5 Å². The van der Waals surface area contributed by atoms with Crippen LogP contribution in [0.5, 0.6) is 0 Å². The molecule has 0 spiro atoms. The molecule has 0 saturated heterocycles. The largest absolute Gasteiger partial charge is 0.380 e. The SMILES string of the molecule is COCc1ccccc1NC(=O)c1cnc2c(cnn2Cc2ccccc2)c1. The maximum Gasteiger partial charge on any atom is 0.257 e. The van der Waals surface area contributed by atoms with Crippen molar-refractivity contribution in [2.24, 2.45) is 0 Å². The van der Waals surface area contributed by atoms with Crippen molar-refractivity contribution in [3.63, 3.8) is 0 Å². The number of para-hydroxylation sites is 1. The average molecular weight is 372 g/mol. The number of nitrogens with zero attached hydrogens (tertiary/aromatic N) is 3. The van der Waals surface area contributed by atoms with E-state index in [0.717, 1.165) is 27.8 Å². The van der Waals surface area contributed by atoms with Crippen LogP contribution < -0.4 is 5.32 Å². The number of aromatic nitrogens is 3. The zero-order valence-electron chi connectivity index (χ0n) is 15.5. The lowest BCUT2D eigenvalue weighted by atomic mass is 10.1. The van der Waals surface area contributed by atoms with E-state index in [1.807, 2.05) is 65.3 Å². The highest BCUT2D eigenvalue weighted by Gasteiger charge is 2.12. The molecule has 0 bridgehead atoms. The molecule has 1 amide bonds. The zero-order chi connectivity index (χ0) is 19.3. The van der Waals surface area contributed by atoms with Gasteiger partial charge in [-0.3, -0.25) is 4.79 Å². The first kappa shape index (κ1) is 17.9. The number of ether oxygens (including phenoxy) is 1. The van der Waals surface area contributed by atoms with Crippen molar-refractivity contribution in [2.45, 2.75) is 13.2 Å². The zero-order valence-corrected chi connectivity index (χ0v) is 15.5. The fraction of sp³-hybridized carbons (Fsp3) is 0.136. The topological polar surface area (TPSA) is 69.0 Å². The molecule has 0 aliphatic rings. The van der Waals surface area contributed by atoms with Gasteiger partial charge in [-0.25, -0.2) is 9.67 Å². The Morgan fingerprint density at radius 1 is 1.07 bits per heavy atom. The third kappa shape index (κ3) is 3.77. The summed E-state index contributed by atoms with van der Waals surface area (Å²) in [6, 6.07) is 19.5.